The molecule has 0 aliphatic carbocycles. The number of nitrogens with zero attached hydrogens (tertiary/aromatic N) is 3. The lowest BCUT2D eigenvalue weighted by atomic mass is 9.95. The van der Waals surface area contributed by atoms with Gasteiger partial charge in [-0.25, -0.2) is 9.97 Å². The fourth-order valence-electron chi connectivity index (χ4n) is 1.76. The molecule has 0 saturated heterocycles. The molecule has 108 valence electrons. The number of hydrogen-bond donors (Lipinski definition) is 1. The van der Waals surface area contributed by atoms with E-state index in [1.165, 1.54) is 0 Å². The first-order valence-electron chi connectivity index (χ1n) is 6.54. The number of likely N-dealkylation sites (N-methyl/N-ethyl adjacent to an activating group) is 1. The van der Waals surface area contributed by atoms with E-state index in [1.54, 1.807) is 7.11 Å². The molecule has 5 nitrogen and oxygen atoms in total. The summed E-state index contributed by atoms with van der Waals surface area (Å²) in [6.07, 6.45) is 0. The SMILES string of the molecule is COCC(C)N(C)c1nc(C(C)(C)C)nc(N)c1C. The van der Waals surface area contributed by atoms with E-state index in [9.17, 15) is 0 Å². The lowest BCUT2D eigenvalue weighted by Gasteiger charge is -2.29. The highest BCUT2D eigenvalue weighted by Gasteiger charge is 2.23. The van der Waals surface area contributed by atoms with Crippen molar-refractivity contribution in [2.45, 2.75) is 46.1 Å². The molecule has 1 atom stereocenters. The van der Waals surface area contributed by atoms with Crippen molar-refractivity contribution in [1.29, 1.82) is 0 Å². The Bertz CT molecular complexity index is 440. The van der Waals surface area contributed by atoms with Gasteiger partial charge in [-0.3, -0.25) is 0 Å². The van der Waals surface area contributed by atoms with E-state index in [0.717, 1.165) is 17.2 Å². The zero-order valence-electron chi connectivity index (χ0n) is 13.1. The highest BCUT2D eigenvalue weighted by molar-refractivity contribution is 5.57. The van der Waals surface area contributed by atoms with E-state index in [-0.39, 0.29) is 11.5 Å². The van der Waals surface area contributed by atoms with Crippen LogP contribution in [0.1, 0.15) is 39.1 Å². The number of aromatic nitrogens is 2. The minimum Gasteiger partial charge on any atom is -0.383 e. The molecule has 0 aliphatic heterocycles. The zero-order chi connectivity index (χ0) is 14.8. The van der Waals surface area contributed by atoms with Crippen molar-refractivity contribution in [1.82, 2.24) is 9.97 Å². The summed E-state index contributed by atoms with van der Waals surface area (Å²) in [4.78, 5) is 11.2. The van der Waals surface area contributed by atoms with E-state index >= 15 is 0 Å². The van der Waals surface area contributed by atoms with Gasteiger partial charge in [0.05, 0.1) is 12.6 Å². The molecule has 0 bridgehead atoms. The van der Waals surface area contributed by atoms with Gasteiger partial charge in [0.2, 0.25) is 0 Å². The molecule has 1 rings (SSSR count). The second kappa shape index (κ2) is 5.74. The summed E-state index contributed by atoms with van der Waals surface area (Å²) in [5, 5.41) is 0. The summed E-state index contributed by atoms with van der Waals surface area (Å²) in [5.74, 6) is 2.19. The lowest BCUT2D eigenvalue weighted by Crippen LogP contribution is -2.35. The fraction of sp³-hybridized carbons (Fsp3) is 0.714. The Morgan fingerprint density at radius 2 is 1.89 bits per heavy atom. The third-order valence-corrected chi connectivity index (χ3v) is 3.23. The first-order valence-corrected chi connectivity index (χ1v) is 6.54. The van der Waals surface area contributed by atoms with Crippen molar-refractivity contribution in [3.63, 3.8) is 0 Å². The number of ether oxygens (including phenoxy) is 1. The van der Waals surface area contributed by atoms with Crippen LogP contribution in [0.15, 0.2) is 0 Å². The van der Waals surface area contributed by atoms with Gasteiger partial charge < -0.3 is 15.4 Å². The number of nitrogens with two attached hydrogens (primary N) is 1. The third kappa shape index (κ3) is 3.56. The zero-order valence-corrected chi connectivity index (χ0v) is 13.1. The van der Waals surface area contributed by atoms with Crippen LogP contribution >= 0.6 is 0 Å². The van der Waals surface area contributed by atoms with Gasteiger partial charge in [-0.1, -0.05) is 20.8 Å². The van der Waals surface area contributed by atoms with Crippen molar-refractivity contribution in [3.8, 4) is 0 Å². The highest BCUT2D eigenvalue weighted by atomic mass is 16.5. The summed E-state index contributed by atoms with van der Waals surface area (Å²) in [6.45, 7) is 10.9. The van der Waals surface area contributed by atoms with Gasteiger partial charge in [-0.2, -0.15) is 0 Å². The summed E-state index contributed by atoms with van der Waals surface area (Å²) in [7, 11) is 3.71. The molecule has 5 heteroatoms. The van der Waals surface area contributed by atoms with Gasteiger partial charge in [0, 0.05) is 25.1 Å². The summed E-state index contributed by atoms with van der Waals surface area (Å²) >= 11 is 0. The predicted octanol–water partition coefficient (Wildman–Crippen LogP) is 2.14. The van der Waals surface area contributed by atoms with Crippen LogP contribution in [0.5, 0.6) is 0 Å². The van der Waals surface area contributed by atoms with Gasteiger partial charge in [0.25, 0.3) is 0 Å². The average molecular weight is 266 g/mol. The molecule has 1 aromatic heterocycles. The van der Waals surface area contributed by atoms with Gasteiger partial charge in [-0.15, -0.1) is 0 Å². The molecule has 19 heavy (non-hydrogen) atoms. The van der Waals surface area contributed by atoms with Crippen molar-refractivity contribution >= 4 is 11.6 Å². The van der Waals surface area contributed by atoms with Crippen LogP contribution in [0.25, 0.3) is 0 Å². The maximum absolute atomic E-state index is 6.02. The van der Waals surface area contributed by atoms with Crippen LogP contribution in [-0.2, 0) is 10.2 Å². The number of rotatable bonds is 4. The van der Waals surface area contributed by atoms with E-state index in [1.807, 2.05) is 14.0 Å². The van der Waals surface area contributed by atoms with Crippen molar-refractivity contribution in [3.05, 3.63) is 11.4 Å². The number of nitrogen functional groups attached to an aromatic ring is 1. The van der Waals surface area contributed by atoms with Gasteiger partial charge in [0.15, 0.2) is 0 Å². The van der Waals surface area contributed by atoms with Crippen molar-refractivity contribution in [2.24, 2.45) is 0 Å². The molecule has 2 N–H and O–H groups in total. The van der Waals surface area contributed by atoms with Gasteiger partial charge >= 0.3 is 0 Å². The molecule has 0 aliphatic rings. The Balaban J connectivity index is 3.23. The predicted molar refractivity (Wildman–Crippen MR) is 79.6 cm³/mol. The Hall–Kier alpha value is -1.36. The Morgan fingerprint density at radius 1 is 1.32 bits per heavy atom. The molecule has 1 unspecified atom stereocenters. The Kier molecular flexibility index (Phi) is 4.74. The summed E-state index contributed by atoms with van der Waals surface area (Å²) < 4.78 is 5.20. The molecule has 0 radical (unpaired) electrons. The fourth-order valence-corrected chi connectivity index (χ4v) is 1.76. The molecule has 0 amide bonds. The molecular formula is C14H26N4O. The van der Waals surface area contributed by atoms with Crippen LogP contribution < -0.4 is 10.6 Å². The van der Waals surface area contributed by atoms with Crippen molar-refractivity contribution in [2.75, 3.05) is 31.4 Å². The smallest absolute Gasteiger partial charge is 0.138 e. The second-order valence-corrected chi connectivity index (χ2v) is 6.05. The van der Waals surface area contributed by atoms with Crippen LogP contribution in [-0.4, -0.2) is 36.8 Å². The third-order valence-electron chi connectivity index (χ3n) is 3.23. The normalized spacial score (nSPS) is 13.4. The molecule has 1 aromatic rings. The largest absolute Gasteiger partial charge is 0.383 e. The molecular weight excluding hydrogens is 240 g/mol. The highest BCUT2D eigenvalue weighted by Crippen LogP contribution is 2.27. The maximum Gasteiger partial charge on any atom is 0.138 e. The van der Waals surface area contributed by atoms with Crippen LogP contribution in [0.4, 0.5) is 11.6 Å². The average Bonchev–Trinajstić information content (AvgIpc) is 2.30. The second-order valence-electron chi connectivity index (χ2n) is 6.05. The van der Waals surface area contributed by atoms with E-state index in [4.69, 9.17) is 10.5 Å². The van der Waals surface area contributed by atoms with Crippen LogP contribution in [0, 0.1) is 6.92 Å². The summed E-state index contributed by atoms with van der Waals surface area (Å²) in [6, 6.07) is 0.228. The van der Waals surface area contributed by atoms with E-state index in [0.29, 0.717) is 12.4 Å². The molecule has 1 heterocycles. The minimum atomic E-state index is -0.123. The standard InChI is InChI=1S/C14H26N4O/c1-9(8-19-7)18(6)12-10(2)11(15)16-13(17-12)14(3,4)5/h9H,8H2,1-7H3,(H2,15,16,17). The van der Waals surface area contributed by atoms with E-state index < -0.39 is 0 Å². The number of hydrogen-bond acceptors (Lipinski definition) is 5. The van der Waals surface area contributed by atoms with E-state index in [2.05, 4.69) is 42.6 Å². The molecule has 0 aromatic carbocycles. The topological polar surface area (TPSA) is 64.3 Å². The minimum absolute atomic E-state index is 0.123. The Labute approximate surface area is 116 Å². The first-order chi connectivity index (χ1) is 8.68. The molecule has 0 spiro atoms. The Morgan fingerprint density at radius 3 is 2.37 bits per heavy atom. The molecule has 0 fully saturated rings. The number of methoxy groups -OCH3 is 1. The lowest BCUT2D eigenvalue weighted by molar-refractivity contribution is 0.183. The number of anilines is 2. The quantitative estimate of drug-likeness (QED) is 0.904. The van der Waals surface area contributed by atoms with Crippen molar-refractivity contribution < 1.29 is 4.74 Å². The monoisotopic (exact) mass is 266 g/mol. The van der Waals surface area contributed by atoms with Crippen LogP contribution in [0.3, 0.4) is 0 Å². The molecule has 0 saturated carbocycles. The van der Waals surface area contributed by atoms with Gasteiger partial charge in [-0.05, 0) is 13.8 Å². The van der Waals surface area contributed by atoms with Crippen LogP contribution in [0.2, 0.25) is 0 Å². The first kappa shape index (κ1) is 15.7. The van der Waals surface area contributed by atoms with Gasteiger partial charge in [0.1, 0.15) is 17.5 Å². The maximum atomic E-state index is 6.02. The summed E-state index contributed by atoms with van der Waals surface area (Å²) in [5.41, 5.74) is 6.81.